The van der Waals surface area contributed by atoms with Crippen LogP contribution in [0.4, 0.5) is 0 Å². The first-order chi connectivity index (χ1) is 7.92. The summed E-state index contributed by atoms with van der Waals surface area (Å²) in [6.07, 6.45) is 1.10. The van der Waals surface area contributed by atoms with Crippen molar-refractivity contribution in [3.05, 3.63) is 0 Å². The molecular formula is C13H30ClN3O. The zero-order valence-electron chi connectivity index (χ0n) is 12.4. The molecule has 2 unspecified atom stereocenters. The van der Waals surface area contributed by atoms with Crippen molar-refractivity contribution in [3.8, 4) is 0 Å². The quantitative estimate of drug-likeness (QED) is 0.710. The number of nitrogens with two attached hydrogens (primary N) is 1. The Morgan fingerprint density at radius 2 is 1.72 bits per heavy atom. The Morgan fingerprint density at radius 1 is 1.22 bits per heavy atom. The van der Waals surface area contributed by atoms with Crippen LogP contribution >= 0.6 is 12.4 Å². The Morgan fingerprint density at radius 3 is 2.06 bits per heavy atom. The molecule has 5 heteroatoms. The van der Waals surface area contributed by atoms with Crippen molar-refractivity contribution < 1.29 is 4.79 Å². The molecule has 0 heterocycles. The molecule has 0 aromatic heterocycles. The largest absolute Gasteiger partial charge is 0.353 e. The normalized spacial score (nSPS) is 14.2. The molecule has 0 bridgehead atoms. The minimum absolute atomic E-state index is 0. The molecule has 0 aliphatic carbocycles. The second kappa shape index (κ2) is 10.6. The van der Waals surface area contributed by atoms with Gasteiger partial charge in [0.05, 0.1) is 6.04 Å². The number of hydrogen-bond donors (Lipinski definition) is 2. The summed E-state index contributed by atoms with van der Waals surface area (Å²) < 4.78 is 0. The number of halogens is 1. The number of nitrogens with zero attached hydrogens (tertiary/aromatic N) is 1. The van der Waals surface area contributed by atoms with Crippen LogP contribution in [0.5, 0.6) is 0 Å². The smallest absolute Gasteiger partial charge is 0.236 e. The van der Waals surface area contributed by atoms with Gasteiger partial charge in [0.15, 0.2) is 0 Å². The minimum Gasteiger partial charge on any atom is -0.353 e. The summed E-state index contributed by atoms with van der Waals surface area (Å²) in [4.78, 5) is 13.9. The van der Waals surface area contributed by atoms with Crippen LogP contribution in [0.1, 0.15) is 41.0 Å². The van der Waals surface area contributed by atoms with Gasteiger partial charge in [-0.1, -0.05) is 27.7 Å². The zero-order chi connectivity index (χ0) is 13.4. The van der Waals surface area contributed by atoms with Crippen molar-refractivity contribution in [1.82, 2.24) is 10.2 Å². The first kappa shape index (κ1) is 20.0. The van der Waals surface area contributed by atoms with Crippen LogP contribution in [0.15, 0.2) is 0 Å². The Bertz CT molecular complexity index is 218. The van der Waals surface area contributed by atoms with Crippen LogP contribution in [-0.4, -0.2) is 42.5 Å². The fourth-order valence-electron chi connectivity index (χ4n) is 2.03. The molecule has 0 aromatic rings. The Labute approximate surface area is 118 Å². The Hall–Kier alpha value is -0.320. The van der Waals surface area contributed by atoms with E-state index in [1.165, 1.54) is 0 Å². The number of rotatable bonds is 8. The fourth-order valence-corrected chi connectivity index (χ4v) is 2.03. The average Bonchev–Trinajstić information content (AvgIpc) is 2.25. The molecule has 18 heavy (non-hydrogen) atoms. The average molecular weight is 280 g/mol. The maximum Gasteiger partial charge on any atom is 0.236 e. The van der Waals surface area contributed by atoms with Gasteiger partial charge in [0.25, 0.3) is 0 Å². The topological polar surface area (TPSA) is 58.4 Å². The van der Waals surface area contributed by atoms with Crippen molar-refractivity contribution in [2.45, 2.75) is 53.1 Å². The lowest BCUT2D eigenvalue weighted by molar-refractivity contribution is -0.122. The van der Waals surface area contributed by atoms with Crippen LogP contribution in [0, 0.1) is 5.92 Å². The molecule has 2 atom stereocenters. The van der Waals surface area contributed by atoms with E-state index in [0.29, 0.717) is 18.5 Å². The number of nitrogens with one attached hydrogen (secondary N) is 1. The van der Waals surface area contributed by atoms with Crippen molar-refractivity contribution in [2.24, 2.45) is 11.7 Å². The summed E-state index contributed by atoms with van der Waals surface area (Å²) in [7, 11) is 0. The third-order valence-corrected chi connectivity index (χ3v) is 3.00. The van der Waals surface area contributed by atoms with Gasteiger partial charge in [0.1, 0.15) is 0 Å². The lowest BCUT2D eigenvalue weighted by atomic mass is 10.0. The second-order valence-electron chi connectivity index (χ2n) is 5.04. The van der Waals surface area contributed by atoms with Gasteiger partial charge in [-0.3, -0.25) is 9.69 Å². The standard InChI is InChI=1S/C13H29N3O.ClH/c1-6-16(7-2)12(8-10(3)4)9-15-13(17)11(5)14;/h10-12H,6-9,14H2,1-5H3,(H,15,17);1H. The van der Waals surface area contributed by atoms with E-state index >= 15 is 0 Å². The van der Waals surface area contributed by atoms with Crippen LogP contribution in [0.3, 0.4) is 0 Å². The van der Waals surface area contributed by atoms with E-state index in [4.69, 9.17) is 5.73 Å². The third-order valence-electron chi connectivity index (χ3n) is 3.00. The SMILES string of the molecule is CCN(CC)C(CNC(=O)C(C)N)CC(C)C.Cl. The maximum atomic E-state index is 11.5. The highest BCUT2D eigenvalue weighted by Gasteiger charge is 2.18. The Balaban J connectivity index is 0. The predicted octanol–water partition coefficient (Wildman–Crippen LogP) is 1.63. The molecule has 110 valence electrons. The molecule has 0 fully saturated rings. The number of amides is 1. The lowest BCUT2D eigenvalue weighted by Gasteiger charge is -2.31. The summed E-state index contributed by atoms with van der Waals surface area (Å²) in [6.45, 7) is 13.2. The third kappa shape index (κ3) is 7.90. The van der Waals surface area contributed by atoms with Gasteiger partial charge in [0.2, 0.25) is 5.91 Å². The molecule has 0 rings (SSSR count). The fraction of sp³-hybridized carbons (Fsp3) is 0.923. The Kier molecular flexibility index (Phi) is 11.8. The highest BCUT2D eigenvalue weighted by atomic mass is 35.5. The number of likely N-dealkylation sites (N-methyl/N-ethyl adjacent to an activating group) is 1. The molecule has 0 saturated carbocycles. The number of hydrogen-bond acceptors (Lipinski definition) is 3. The monoisotopic (exact) mass is 279 g/mol. The maximum absolute atomic E-state index is 11.5. The first-order valence-corrected chi connectivity index (χ1v) is 6.69. The highest BCUT2D eigenvalue weighted by Crippen LogP contribution is 2.10. The van der Waals surface area contributed by atoms with Crippen LogP contribution in [0.25, 0.3) is 0 Å². The highest BCUT2D eigenvalue weighted by molar-refractivity contribution is 5.85. The van der Waals surface area contributed by atoms with Crippen LogP contribution < -0.4 is 11.1 Å². The van der Waals surface area contributed by atoms with Gasteiger partial charge in [-0.05, 0) is 32.4 Å². The molecular weight excluding hydrogens is 250 g/mol. The molecule has 4 nitrogen and oxygen atoms in total. The summed E-state index contributed by atoms with van der Waals surface area (Å²) in [5.41, 5.74) is 5.54. The van der Waals surface area contributed by atoms with Gasteiger partial charge < -0.3 is 11.1 Å². The van der Waals surface area contributed by atoms with Crippen molar-refractivity contribution in [1.29, 1.82) is 0 Å². The molecule has 0 radical (unpaired) electrons. The van der Waals surface area contributed by atoms with E-state index in [2.05, 4.69) is 37.9 Å². The lowest BCUT2D eigenvalue weighted by Crippen LogP contribution is -2.47. The summed E-state index contributed by atoms with van der Waals surface area (Å²) in [5, 5.41) is 2.93. The predicted molar refractivity (Wildman–Crippen MR) is 80.1 cm³/mol. The summed E-state index contributed by atoms with van der Waals surface area (Å²) in [6, 6.07) is -0.0147. The van der Waals surface area contributed by atoms with Gasteiger partial charge in [0, 0.05) is 12.6 Å². The van der Waals surface area contributed by atoms with E-state index in [1.54, 1.807) is 6.92 Å². The molecule has 1 amide bonds. The van der Waals surface area contributed by atoms with Gasteiger partial charge in [-0.15, -0.1) is 12.4 Å². The van der Waals surface area contributed by atoms with E-state index in [-0.39, 0.29) is 18.3 Å². The number of carbonyl (C=O) groups excluding carboxylic acids is 1. The van der Waals surface area contributed by atoms with Crippen molar-refractivity contribution in [2.75, 3.05) is 19.6 Å². The number of carbonyl (C=O) groups is 1. The molecule has 0 saturated heterocycles. The van der Waals surface area contributed by atoms with E-state index in [0.717, 1.165) is 19.5 Å². The van der Waals surface area contributed by atoms with Crippen molar-refractivity contribution >= 4 is 18.3 Å². The van der Waals surface area contributed by atoms with Crippen molar-refractivity contribution in [3.63, 3.8) is 0 Å². The molecule has 0 aromatic carbocycles. The van der Waals surface area contributed by atoms with Crippen LogP contribution in [-0.2, 0) is 4.79 Å². The van der Waals surface area contributed by atoms with Gasteiger partial charge >= 0.3 is 0 Å². The summed E-state index contributed by atoms with van der Waals surface area (Å²) >= 11 is 0. The zero-order valence-corrected chi connectivity index (χ0v) is 13.2. The molecule has 0 spiro atoms. The van der Waals surface area contributed by atoms with E-state index in [9.17, 15) is 4.79 Å². The van der Waals surface area contributed by atoms with Crippen LogP contribution in [0.2, 0.25) is 0 Å². The van der Waals surface area contributed by atoms with Gasteiger partial charge in [-0.2, -0.15) is 0 Å². The summed E-state index contributed by atoms with van der Waals surface area (Å²) in [5.74, 6) is 0.568. The molecule has 0 aliphatic rings. The second-order valence-corrected chi connectivity index (χ2v) is 5.04. The molecule has 3 N–H and O–H groups in total. The molecule has 0 aliphatic heterocycles. The minimum atomic E-state index is -0.425. The van der Waals surface area contributed by atoms with E-state index < -0.39 is 6.04 Å². The van der Waals surface area contributed by atoms with Gasteiger partial charge in [-0.25, -0.2) is 0 Å². The first-order valence-electron chi connectivity index (χ1n) is 6.69. The van der Waals surface area contributed by atoms with E-state index in [1.807, 2.05) is 0 Å².